The first-order valence-corrected chi connectivity index (χ1v) is 9.50. The Morgan fingerprint density at radius 3 is 2.68 bits per heavy atom. The van der Waals surface area contributed by atoms with Gasteiger partial charge >= 0.3 is 0 Å². The SMILES string of the molecule is CCC(CCNC)Nc1c(F)c(-c2c(C)cccc2F)cc2cnc(N)cc12. The van der Waals surface area contributed by atoms with E-state index in [1.807, 2.05) is 14.0 Å². The number of hydrogen-bond acceptors (Lipinski definition) is 4. The van der Waals surface area contributed by atoms with Crippen molar-refractivity contribution in [3.63, 3.8) is 0 Å². The molecule has 0 spiro atoms. The average molecular weight is 384 g/mol. The van der Waals surface area contributed by atoms with Gasteiger partial charge in [0.1, 0.15) is 11.6 Å². The lowest BCUT2D eigenvalue weighted by Gasteiger charge is -2.22. The van der Waals surface area contributed by atoms with E-state index in [4.69, 9.17) is 5.73 Å². The van der Waals surface area contributed by atoms with Crippen molar-refractivity contribution in [1.29, 1.82) is 0 Å². The van der Waals surface area contributed by atoms with Crippen LogP contribution in [-0.2, 0) is 0 Å². The highest BCUT2D eigenvalue weighted by molar-refractivity contribution is 5.99. The van der Waals surface area contributed by atoms with Gasteiger partial charge < -0.3 is 16.4 Å². The number of anilines is 2. The molecule has 4 N–H and O–H groups in total. The van der Waals surface area contributed by atoms with Crippen molar-refractivity contribution in [2.45, 2.75) is 32.7 Å². The third-order valence-electron chi connectivity index (χ3n) is 5.06. The fourth-order valence-electron chi connectivity index (χ4n) is 3.48. The molecule has 1 unspecified atom stereocenters. The summed E-state index contributed by atoms with van der Waals surface area (Å²) in [6.07, 6.45) is 3.26. The normalized spacial score (nSPS) is 12.3. The first-order valence-electron chi connectivity index (χ1n) is 9.50. The van der Waals surface area contributed by atoms with Crippen molar-refractivity contribution in [2.75, 3.05) is 24.6 Å². The molecule has 1 atom stereocenters. The van der Waals surface area contributed by atoms with Crippen molar-refractivity contribution in [2.24, 2.45) is 0 Å². The van der Waals surface area contributed by atoms with Gasteiger partial charge in [-0.05, 0) is 57.1 Å². The molecule has 0 saturated heterocycles. The summed E-state index contributed by atoms with van der Waals surface area (Å²) in [5.41, 5.74) is 7.36. The Kier molecular flexibility index (Phi) is 6.09. The van der Waals surface area contributed by atoms with Gasteiger partial charge in [0.2, 0.25) is 0 Å². The number of nitrogen functional groups attached to an aromatic ring is 1. The van der Waals surface area contributed by atoms with E-state index in [2.05, 4.69) is 15.6 Å². The minimum Gasteiger partial charge on any atom is -0.384 e. The zero-order valence-corrected chi connectivity index (χ0v) is 16.4. The second kappa shape index (κ2) is 8.52. The van der Waals surface area contributed by atoms with Crippen LogP contribution in [0.3, 0.4) is 0 Å². The quantitative estimate of drug-likeness (QED) is 0.544. The molecule has 0 bridgehead atoms. The van der Waals surface area contributed by atoms with E-state index in [1.54, 1.807) is 37.4 Å². The number of nitrogens with one attached hydrogen (secondary N) is 2. The number of hydrogen-bond donors (Lipinski definition) is 3. The van der Waals surface area contributed by atoms with Crippen LogP contribution in [0.25, 0.3) is 21.9 Å². The van der Waals surface area contributed by atoms with E-state index in [-0.39, 0.29) is 17.2 Å². The predicted molar refractivity (Wildman–Crippen MR) is 112 cm³/mol. The van der Waals surface area contributed by atoms with Gasteiger partial charge in [0.25, 0.3) is 0 Å². The van der Waals surface area contributed by atoms with Crippen LogP contribution in [0.15, 0.2) is 36.5 Å². The fraction of sp³-hybridized carbons (Fsp3) is 0.318. The Labute approximate surface area is 164 Å². The molecule has 0 aliphatic heterocycles. The van der Waals surface area contributed by atoms with Crippen LogP contribution in [-0.4, -0.2) is 24.6 Å². The van der Waals surface area contributed by atoms with Gasteiger partial charge in [-0.1, -0.05) is 19.1 Å². The van der Waals surface area contributed by atoms with Crippen molar-refractivity contribution in [1.82, 2.24) is 10.3 Å². The van der Waals surface area contributed by atoms with Gasteiger partial charge in [0, 0.05) is 34.1 Å². The number of rotatable bonds is 7. The van der Waals surface area contributed by atoms with Crippen LogP contribution < -0.4 is 16.4 Å². The molecule has 0 fully saturated rings. The third-order valence-corrected chi connectivity index (χ3v) is 5.06. The Morgan fingerprint density at radius 1 is 1.21 bits per heavy atom. The summed E-state index contributed by atoms with van der Waals surface area (Å²) in [5.74, 6) is -0.614. The minimum atomic E-state index is -0.478. The molecule has 0 aliphatic rings. The number of pyridine rings is 1. The molecule has 3 rings (SSSR count). The fourth-order valence-corrected chi connectivity index (χ4v) is 3.48. The van der Waals surface area contributed by atoms with E-state index < -0.39 is 11.6 Å². The van der Waals surface area contributed by atoms with Gasteiger partial charge in [-0.15, -0.1) is 0 Å². The highest BCUT2D eigenvalue weighted by Gasteiger charge is 2.21. The van der Waals surface area contributed by atoms with Crippen LogP contribution >= 0.6 is 0 Å². The van der Waals surface area contributed by atoms with Gasteiger partial charge in [-0.3, -0.25) is 0 Å². The zero-order chi connectivity index (χ0) is 20.3. The van der Waals surface area contributed by atoms with Crippen LogP contribution in [0.5, 0.6) is 0 Å². The van der Waals surface area contributed by atoms with Crippen LogP contribution in [0, 0.1) is 18.6 Å². The van der Waals surface area contributed by atoms with E-state index in [1.165, 1.54) is 6.07 Å². The highest BCUT2D eigenvalue weighted by atomic mass is 19.1. The van der Waals surface area contributed by atoms with Crippen molar-refractivity contribution >= 4 is 22.3 Å². The average Bonchev–Trinajstić information content (AvgIpc) is 2.67. The second-order valence-electron chi connectivity index (χ2n) is 7.02. The molecule has 148 valence electrons. The summed E-state index contributed by atoms with van der Waals surface area (Å²) < 4.78 is 30.3. The molecule has 1 aromatic heterocycles. The molecule has 2 aromatic carbocycles. The monoisotopic (exact) mass is 384 g/mol. The van der Waals surface area contributed by atoms with Crippen molar-refractivity contribution in [3.05, 3.63) is 53.7 Å². The van der Waals surface area contributed by atoms with E-state index in [9.17, 15) is 4.39 Å². The Hall–Kier alpha value is -2.73. The lowest BCUT2D eigenvalue weighted by molar-refractivity contribution is 0.590. The number of aromatic nitrogens is 1. The van der Waals surface area contributed by atoms with E-state index >= 15 is 4.39 Å². The maximum Gasteiger partial charge on any atom is 0.154 e. The van der Waals surface area contributed by atoms with Gasteiger partial charge in [-0.2, -0.15) is 0 Å². The molecule has 0 saturated carbocycles. The summed E-state index contributed by atoms with van der Waals surface area (Å²) >= 11 is 0. The minimum absolute atomic E-state index is 0.0662. The summed E-state index contributed by atoms with van der Waals surface area (Å²) in [7, 11) is 1.89. The summed E-state index contributed by atoms with van der Waals surface area (Å²) in [6.45, 7) is 4.63. The van der Waals surface area contributed by atoms with Crippen LogP contribution in [0.1, 0.15) is 25.3 Å². The Morgan fingerprint density at radius 2 is 2.00 bits per heavy atom. The first kappa shape index (κ1) is 20.0. The van der Waals surface area contributed by atoms with Gasteiger partial charge in [0.15, 0.2) is 5.82 Å². The standard InChI is InChI=1S/C22H26F2N4/c1-4-15(8-9-26-3)28-22-16-11-19(25)27-12-14(16)10-17(21(22)24)20-13(2)6-5-7-18(20)23/h5-7,10-12,15,26,28H,4,8-9H2,1-3H3,(H2,25,27). The molecule has 28 heavy (non-hydrogen) atoms. The maximum atomic E-state index is 15.7. The number of halogens is 2. The number of benzene rings is 2. The second-order valence-corrected chi connectivity index (χ2v) is 7.02. The largest absolute Gasteiger partial charge is 0.384 e. The zero-order valence-electron chi connectivity index (χ0n) is 16.4. The molecule has 6 heteroatoms. The lowest BCUT2D eigenvalue weighted by atomic mass is 9.95. The molecular formula is C22H26F2N4. The Balaban J connectivity index is 2.22. The number of nitrogens with zero attached hydrogens (tertiary/aromatic N) is 1. The highest BCUT2D eigenvalue weighted by Crippen LogP contribution is 2.38. The molecule has 0 aliphatic carbocycles. The molecule has 1 heterocycles. The van der Waals surface area contributed by atoms with Gasteiger partial charge in [0.05, 0.1) is 5.69 Å². The number of fused-ring (bicyclic) bond motifs is 1. The van der Waals surface area contributed by atoms with E-state index in [0.29, 0.717) is 27.8 Å². The number of nitrogens with two attached hydrogens (primary N) is 1. The first-order chi connectivity index (χ1) is 13.5. The Bertz CT molecular complexity index is 968. The molecule has 4 nitrogen and oxygen atoms in total. The smallest absolute Gasteiger partial charge is 0.154 e. The van der Waals surface area contributed by atoms with Crippen LogP contribution in [0.2, 0.25) is 0 Å². The predicted octanol–water partition coefficient (Wildman–Crippen LogP) is 4.87. The number of aryl methyl sites for hydroxylation is 1. The van der Waals surface area contributed by atoms with E-state index in [0.717, 1.165) is 19.4 Å². The topological polar surface area (TPSA) is 63.0 Å². The molecule has 0 radical (unpaired) electrons. The van der Waals surface area contributed by atoms with Crippen molar-refractivity contribution in [3.8, 4) is 11.1 Å². The van der Waals surface area contributed by atoms with Gasteiger partial charge in [-0.25, -0.2) is 13.8 Å². The lowest BCUT2D eigenvalue weighted by Crippen LogP contribution is -2.24. The van der Waals surface area contributed by atoms with Crippen molar-refractivity contribution < 1.29 is 8.78 Å². The maximum absolute atomic E-state index is 15.7. The summed E-state index contributed by atoms with van der Waals surface area (Å²) in [4.78, 5) is 4.13. The third kappa shape index (κ3) is 3.92. The summed E-state index contributed by atoms with van der Waals surface area (Å²) in [6, 6.07) is 8.11. The van der Waals surface area contributed by atoms with Crippen LogP contribution in [0.4, 0.5) is 20.3 Å². The molecule has 3 aromatic rings. The molecule has 0 amide bonds. The molecular weight excluding hydrogens is 358 g/mol. The summed E-state index contributed by atoms with van der Waals surface area (Å²) in [5, 5.41) is 7.80.